The Morgan fingerprint density at radius 2 is 1.83 bits per heavy atom. The van der Waals surface area contributed by atoms with Crippen LogP contribution in [0.4, 0.5) is 0 Å². The molecule has 0 bridgehead atoms. The van der Waals surface area contributed by atoms with Crippen molar-refractivity contribution < 1.29 is 0 Å². The quantitative estimate of drug-likeness (QED) is 0.551. The fraction of sp³-hybridized carbons (Fsp3) is 0.200. The van der Waals surface area contributed by atoms with E-state index < -0.39 is 7.42 Å². The van der Waals surface area contributed by atoms with Crippen LogP contribution in [0.5, 0.6) is 0 Å². The number of benzene rings is 1. The van der Waals surface area contributed by atoms with Crippen molar-refractivity contribution in [2.45, 2.75) is 13.8 Å². The van der Waals surface area contributed by atoms with Crippen molar-refractivity contribution in [3.05, 3.63) is 41.6 Å². The molecule has 1 atom stereocenters. The van der Waals surface area contributed by atoms with Crippen molar-refractivity contribution in [1.82, 2.24) is 0 Å². The van der Waals surface area contributed by atoms with Crippen molar-refractivity contribution in [3.63, 3.8) is 0 Å². The number of hydrogen-bond donors (Lipinski definition) is 0. The van der Waals surface area contributed by atoms with Crippen molar-refractivity contribution in [3.8, 4) is 0 Å². The molecule has 0 aliphatic rings. The van der Waals surface area contributed by atoms with Crippen LogP contribution in [0.3, 0.4) is 0 Å². The van der Waals surface area contributed by atoms with E-state index in [1.807, 2.05) is 0 Å². The maximum Gasteiger partial charge on any atom is 0.168 e. The average molecular weight is 241 g/mol. The first-order chi connectivity index (χ1) is 5.70. The molecule has 0 saturated carbocycles. The van der Waals surface area contributed by atoms with E-state index in [4.69, 9.17) is 0 Å². The van der Waals surface area contributed by atoms with E-state index in [0.717, 1.165) is 0 Å². The lowest BCUT2D eigenvalue weighted by molar-refractivity contribution is 1.41. The predicted octanol–water partition coefficient (Wildman–Crippen LogP) is 2.52. The van der Waals surface area contributed by atoms with Crippen molar-refractivity contribution in [2.24, 2.45) is 0 Å². The zero-order valence-corrected chi connectivity index (χ0v) is 10.2. The summed E-state index contributed by atoms with van der Waals surface area (Å²) in [5.74, 6) is 0. The lowest BCUT2D eigenvalue weighted by atomic mass is 10.4. The second-order valence-electron chi connectivity index (χ2n) is 3.06. The lowest BCUT2D eigenvalue weighted by Crippen LogP contribution is -2.21. The summed E-state index contributed by atoms with van der Waals surface area (Å²) in [6.45, 7) is 4.29. The van der Waals surface area contributed by atoms with Crippen LogP contribution >= 0.6 is 15.3 Å². The first-order valence-electron chi connectivity index (χ1n) is 4.04. The summed E-state index contributed by atoms with van der Waals surface area (Å²) in [6.07, 6.45) is 0. The van der Waals surface area contributed by atoms with Gasteiger partial charge >= 0.3 is 0 Å². The molecule has 2 heteroatoms. The normalized spacial score (nSPS) is 12.2. The van der Waals surface area contributed by atoms with Gasteiger partial charge in [-0.15, -0.1) is 15.3 Å². The number of halogens is 1. The Balaban J connectivity index is 2.79. The van der Waals surface area contributed by atoms with Gasteiger partial charge in [-0.3, -0.25) is 0 Å². The molecule has 0 N–H and O–H groups in total. The average Bonchev–Trinajstić information content (AvgIpc) is 2.05. The molecule has 0 heterocycles. The Morgan fingerprint density at radius 1 is 1.25 bits per heavy atom. The Labute approximate surface area is 83.5 Å². The van der Waals surface area contributed by atoms with Gasteiger partial charge in [0.05, 0.1) is 0 Å². The minimum absolute atomic E-state index is 0.968. The summed E-state index contributed by atoms with van der Waals surface area (Å²) in [5.41, 5.74) is 3.74. The molecule has 1 rings (SSSR count). The molecule has 0 aliphatic heterocycles. The Bertz CT molecular complexity index is 262. The summed E-state index contributed by atoms with van der Waals surface area (Å²) in [4.78, 5) is 0. The lowest BCUT2D eigenvalue weighted by Gasteiger charge is -2.02. The molecule has 0 aliphatic carbocycles. The van der Waals surface area contributed by atoms with Crippen LogP contribution in [0.25, 0.3) is 0 Å². The van der Waals surface area contributed by atoms with Crippen LogP contribution < -0.4 is 5.19 Å². The predicted molar refractivity (Wildman–Crippen MR) is 61.6 cm³/mol. The van der Waals surface area contributed by atoms with Crippen LogP contribution in [-0.2, 0) is 0 Å². The van der Waals surface area contributed by atoms with Gasteiger partial charge in [-0.2, -0.15) is 0 Å². The summed E-state index contributed by atoms with van der Waals surface area (Å²) >= 11 is 3.75. The smallest absolute Gasteiger partial charge is 0.119 e. The van der Waals surface area contributed by atoms with E-state index in [9.17, 15) is 0 Å². The van der Waals surface area contributed by atoms with E-state index in [-0.39, 0.29) is 0 Å². The van der Waals surface area contributed by atoms with E-state index in [0.29, 0.717) is 0 Å². The van der Waals surface area contributed by atoms with Crippen LogP contribution in [-0.4, -0.2) is 7.42 Å². The van der Waals surface area contributed by atoms with E-state index in [1.54, 1.807) is 0 Å². The molecule has 1 aromatic carbocycles. The highest BCUT2D eigenvalue weighted by Crippen LogP contribution is 2.01. The second-order valence-corrected chi connectivity index (χ2v) is 7.82. The van der Waals surface area contributed by atoms with Gasteiger partial charge in [-0.1, -0.05) is 41.6 Å². The van der Waals surface area contributed by atoms with E-state index in [1.165, 1.54) is 10.8 Å². The maximum absolute atomic E-state index is 3.75. The maximum atomic E-state index is 3.75. The van der Waals surface area contributed by atoms with Crippen LogP contribution in [0.1, 0.15) is 13.8 Å². The van der Waals surface area contributed by atoms with Gasteiger partial charge in [-0.25, -0.2) is 0 Å². The Morgan fingerprint density at radius 3 is 2.33 bits per heavy atom. The molecule has 0 amide bonds. The molecule has 1 unspecified atom stereocenters. The molecule has 0 radical (unpaired) electrons. The standard InChI is InChI=1S/C10H13BrSi/c1-9(2)8-12(11)10-6-4-3-5-7-10/h3-8,12H,1-2H3. The zero-order chi connectivity index (χ0) is 8.97. The van der Waals surface area contributed by atoms with Gasteiger partial charge in [0.2, 0.25) is 0 Å². The molecule has 12 heavy (non-hydrogen) atoms. The third kappa shape index (κ3) is 2.95. The van der Waals surface area contributed by atoms with Crippen molar-refractivity contribution in [2.75, 3.05) is 0 Å². The van der Waals surface area contributed by atoms with Gasteiger partial charge < -0.3 is 0 Å². The molecular formula is C10H13BrSi. The van der Waals surface area contributed by atoms with Gasteiger partial charge in [0.1, 0.15) is 0 Å². The minimum Gasteiger partial charge on any atom is -0.119 e. The Hall–Kier alpha value is -0.343. The van der Waals surface area contributed by atoms with Crippen molar-refractivity contribution in [1.29, 1.82) is 0 Å². The fourth-order valence-electron chi connectivity index (χ4n) is 1.03. The third-order valence-electron chi connectivity index (χ3n) is 1.60. The summed E-state index contributed by atoms with van der Waals surface area (Å²) in [6, 6.07) is 10.6. The highest BCUT2D eigenvalue weighted by atomic mass is 79.9. The highest BCUT2D eigenvalue weighted by molar-refractivity contribution is 9.25. The number of hydrogen-bond acceptors (Lipinski definition) is 0. The number of rotatable bonds is 2. The molecular weight excluding hydrogens is 228 g/mol. The molecule has 64 valence electrons. The monoisotopic (exact) mass is 240 g/mol. The van der Waals surface area contributed by atoms with Crippen LogP contribution in [0.15, 0.2) is 41.6 Å². The molecule has 0 saturated heterocycles. The SMILES string of the molecule is CC(C)=C[SiH](Br)c1ccccc1. The minimum atomic E-state index is -0.968. The summed E-state index contributed by atoms with van der Waals surface area (Å²) in [5, 5.41) is 1.44. The molecule has 0 fully saturated rings. The third-order valence-corrected chi connectivity index (χ3v) is 5.96. The first kappa shape index (κ1) is 9.74. The zero-order valence-electron chi connectivity index (χ0n) is 7.42. The summed E-state index contributed by atoms with van der Waals surface area (Å²) in [7, 11) is -0.968. The molecule has 0 aromatic heterocycles. The van der Waals surface area contributed by atoms with Gasteiger partial charge in [0.25, 0.3) is 0 Å². The molecule has 0 nitrogen and oxygen atoms in total. The number of allylic oxidation sites excluding steroid dienone is 1. The van der Waals surface area contributed by atoms with E-state index >= 15 is 0 Å². The highest BCUT2D eigenvalue weighted by Gasteiger charge is 2.03. The van der Waals surface area contributed by atoms with Gasteiger partial charge in [0, 0.05) is 0 Å². The van der Waals surface area contributed by atoms with Crippen LogP contribution in [0.2, 0.25) is 0 Å². The first-order valence-corrected chi connectivity index (χ1v) is 8.47. The largest absolute Gasteiger partial charge is 0.168 e. The van der Waals surface area contributed by atoms with Crippen molar-refractivity contribution >= 4 is 27.9 Å². The van der Waals surface area contributed by atoms with Gasteiger partial charge in [-0.05, 0) is 19.0 Å². The van der Waals surface area contributed by atoms with E-state index in [2.05, 4.69) is 65.2 Å². The van der Waals surface area contributed by atoms with Crippen LogP contribution in [0, 0.1) is 0 Å². The second kappa shape index (κ2) is 4.63. The van der Waals surface area contributed by atoms with Gasteiger partial charge in [0.15, 0.2) is 7.42 Å². The molecule has 0 spiro atoms. The Kier molecular flexibility index (Phi) is 3.76. The molecule has 1 aromatic rings. The summed E-state index contributed by atoms with van der Waals surface area (Å²) < 4.78 is 0. The fourth-order valence-corrected chi connectivity index (χ4v) is 4.90. The topological polar surface area (TPSA) is 0 Å².